The van der Waals surface area contributed by atoms with Crippen LogP contribution >= 0.6 is 0 Å². The number of likely N-dealkylation sites (tertiary alicyclic amines) is 1. The number of nitrogens with zero attached hydrogens (tertiary/aromatic N) is 9. The SMILES string of the molecule is CNc1ccn(-c2ccnc3c2cc([C@H](C)N2CC=C(c4c(C)cc(C(=O)N5CCC(CN6CCN(Cc7ccc8c(c7)n(C7CC7)c(=O)n8[C@@H]7CCC(=O)NC7=O)C[C@@H]6C)CC5)cc4F)CC2)n3C)c(=O)c1. The van der Waals surface area contributed by atoms with Gasteiger partial charge in [0.05, 0.1) is 16.7 Å². The number of aryl methyl sites for hydroxylation is 2. The number of carbonyl (C=O) groups excluding carboxylic acids is 3. The first-order valence-corrected chi connectivity index (χ1v) is 26.2. The third kappa shape index (κ3) is 9.24. The third-order valence-corrected chi connectivity index (χ3v) is 16.5. The van der Waals surface area contributed by atoms with E-state index >= 15 is 4.39 Å². The molecule has 4 aliphatic heterocycles. The highest BCUT2D eigenvalue weighted by molar-refractivity contribution is 6.00. The minimum atomic E-state index is -0.690. The molecular formula is C56H66FN11O5. The lowest BCUT2D eigenvalue weighted by atomic mass is 9.92. The number of pyridine rings is 2. The molecule has 0 bridgehead atoms. The Bertz CT molecular complexity index is 3300. The lowest BCUT2D eigenvalue weighted by molar-refractivity contribution is -0.135. The molecule has 3 saturated heterocycles. The Hall–Kier alpha value is -6.69. The summed E-state index contributed by atoms with van der Waals surface area (Å²) in [5.74, 6) is -0.702. The molecule has 2 aromatic carbocycles. The molecule has 0 unspecified atom stereocenters. The zero-order chi connectivity index (χ0) is 50.8. The first kappa shape index (κ1) is 48.6. The van der Waals surface area contributed by atoms with E-state index in [4.69, 9.17) is 0 Å². The Labute approximate surface area is 424 Å². The first-order chi connectivity index (χ1) is 35.2. The van der Waals surface area contributed by atoms with Crippen molar-refractivity contribution in [1.82, 2.24) is 48.2 Å². The van der Waals surface area contributed by atoms with E-state index in [-0.39, 0.29) is 47.4 Å². The van der Waals surface area contributed by atoms with E-state index in [1.165, 1.54) is 6.07 Å². The molecule has 11 rings (SSSR count). The summed E-state index contributed by atoms with van der Waals surface area (Å²) in [6.07, 6.45) is 10.5. The Morgan fingerprint density at radius 2 is 1.71 bits per heavy atom. The summed E-state index contributed by atoms with van der Waals surface area (Å²) in [5, 5.41) is 6.34. The van der Waals surface area contributed by atoms with Crippen LogP contribution in [0.4, 0.5) is 10.1 Å². The maximum Gasteiger partial charge on any atom is 0.330 e. The summed E-state index contributed by atoms with van der Waals surface area (Å²) >= 11 is 0. The van der Waals surface area contributed by atoms with Gasteiger partial charge in [-0.1, -0.05) is 12.1 Å². The summed E-state index contributed by atoms with van der Waals surface area (Å²) < 4.78 is 23.4. The Kier molecular flexibility index (Phi) is 13.1. The summed E-state index contributed by atoms with van der Waals surface area (Å²) in [4.78, 5) is 79.4. The maximum absolute atomic E-state index is 16.2. The molecule has 73 heavy (non-hydrogen) atoms. The predicted octanol–water partition coefficient (Wildman–Crippen LogP) is 6.55. The van der Waals surface area contributed by atoms with Crippen LogP contribution < -0.4 is 21.9 Å². The van der Waals surface area contributed by atoms with E-state index in [0.29, 0.717) is 55.6 Å². The number of imide groups is 1. The first-order valence-electron chi connectivity index (χ1n) is 26.2. The lowest BCUT2D eigenvalue weighted by Crippen LogP contribution is -2.53. The average Bonchev–Trinajstić information content (AvgIpc) is 4.10. The number of piperazine rings is 1. The number of imidazole rings is 1. The van der Waals surface area contributed by atoms with Gasteiger partial charge < -0.3 is 14.8 Å². The van der Waals surface area contributed by atoms with Gasteiger partial charge in [0.1, 0.15) is 17.5 Å². The number of piperidine rings is 2. The minimum absolute atomic E-state index is 0.0306. The van der Waals surface area contributed by atoms with Gasteiger partial charge in [-0.15, -0.1) is 0 Å². The topological polar surface area (TPSA) is 155 Å². The van der Waals surface area contributed by atoms with Gasteiger partial charge in [0.15, 0.2) is 0 Å². The summed E-state index contributed by atoms with van der Waals surface area (Å²) in [5.41, 5.74) is 8.56. The van der Waals surface area contributed by atoms with Crippen molar-refractivity contribution in [3.8, 4) is 5.69 Å². The van der Waals surface area contributed by atoms with Gasteiger partial charge in [-0.25, -0.2) is 14.2 Å². The van der Waals surface area contributed by atoms with Gasteiger partial charge in [0.25, 0.3) is 11.5 Å². The number of nitrogens with one attached hydrogen (secondary N) is 2. The molecule has 1 saturated carbocycles. The van der Waals surface area contributed by atoms with Crippen molar-refractivity contribution in [1.29, 1.82) is 0 Å². The molecular weight excluding hydrogens is 926 g/mol. The molecule has 1 aliphatic carbocycles. The van der Waals surface area contributed by atoms with Crippen LogP contribution in [0, 0.1) is 18.7 Å². The summed E-state index contributed by atoms with van der Waals surface area (Å²) in [6.45, 7) is 13.6. The largest absolute Gasteiger partial charge is 0.388 e. The number of amides is 3. The third-order valence-electron chi connectivity index (χ3n) is 16.5. The van der Waals surface area contributed by atoms with Crippen molar-refractivity contribution in [2.75, 3.05) is 64.7 Å². The van der Waals surface area contributed by atoms with Crippen molar-refractivity contribution < 1.29 is 18.8 Å². The number of fused-ring (bicyclic) bond motifs is 2. The second kappa shape index (κ2) is 19.6. The van der Waals surface area contributed by atoms with Gasteiger partial charge >= 0.3 is 5.69 Å². The van der Waals surface area contributed by atoms with Crippen LogP contribution in [0.3, 0.4) is 0 Å². The molecule has 3 amide bonds. The van der Waals surface area contributed by atoms with Crippen LogP contribution in [0.25, 0.3) is 33.3 Å². The van der Waals surface area contributed by atoms with E-state index < -0.39 is 11.9 Å². The summed E-state index contributed by atoms with van der Waals surface area (Å²) in [6, 6.07) is 16.8. The number of hydrogen-bond acceptors (Lipinski definition) is 10. The number of aromatic nitrogens is 5. The highest BCUT2D eigenvalue weighted by atomic mass is 19.1. The second-order valence-corrected chi connectivity index (χ2v) is 21.2. The number of rotatable bonds is 12. The molecule has 0 radical (unpaired) electrons. The molecule has 5 aliphatic rings. The highest BCUT2D eigenvalue weighted by Gasteiger charge is 2.36. The van der Waals surface area contributed by atoms with Crippen LogP contribution in [0.15, 0.2) is 82.7 Å². The Morgan fingerprint density at radius 1 is 0.904 bits per heavy atom. The van der Waals surface area contributed by atoms with Gasteiger partial charge in [0.2, 0.25) is 11.8 Å². The molecule has 4 fully saturated rings. The van der Waals surface area contributed by atoms with Crippen molar-refractivity contribution in [2.45, 2.75) is 96.4 Å². The number of halogens is 1. The molecule has 382 valence electrons. The van der Waals surface area contributed by atoms with Crippen molar-refractivity contribution in [2.24, 2.45) is 13.0 Å². The molecule has 3 atom stereocenters. The molecule has 2 N–H and O–H groups in total. The van der Waals surface area contributed by atoms with Crippen molar-refractivity contribution in [3.05, 3.63) is 128 Å². The van der Waals surface area contributed by atoms with E-state index in [1.807, 2.05) is 47.7 Å². The Morgan fingerprint density at radius 3 is 2.41 bits per heavy atom. The van der Waals surface area contributed by atoms with Crippen LogP contribution in [0.5, 0.6) is 0 Å². The molecule has 16 nitrogen and oxygen atoms in total. The molecule has 4 aromatic heterocycles. The monoisotopic (exact) mass is 992 g/mol. The lowest BCUT2D eigenvalue weighted by Gasteiger charge is -2.42. The number of benzene rings is 2. The van der Waals surface area contributed by atoms with Crippen LogP contribution in [-0.2, 0) is 23.2 Å². The van der Waals surface area contributed by atoms with E-state index in [9.17, 15) is 24.0 Å². The molecule has 6 aromatic rings. The van der Waals surface area contributed by atoms with Gasteiger partial charge in [-0.3, -0.25) is 52.9 Å². The fraction of sp³-hybridized carbons (Fsp3) is 0.464. The van der Waals surface area contributed by atoms with Crippen LogP contribution in [0.2, 0.25) is 0 Å². The molecule has 8 heterocycles. The van der Waals surface area contributed by atoms with Crippen LogP contribution in [0.1, 0.15) is 110 Å². The maximum atomic E-state index is 16.2. The van der Waals surface area contributed by atoms with E-state index in [1.54, 1.807) is 34.6 Å². The molecule has 17 heteroatoms. The standard InChI is InChI=1S/C56H66FN11O5/c1-34-26-40(28-44(57)52(34)39-15-21-63(22-16-39)36(3)48-30-43-45(12-18-59-53(43)61(48)5)66-23-17-41(58-4)29-51(66)70)55(72)64-19-13-37(14-20-64)33-65-25-24-62(31-35(65)2)32-38-6-9-46-49(27-38)67(42-7-8-42)56(73)68(46)47-10-11-50(69)60-54(47)71/h6,9,12,15,17-18,23,26-30,35-37,42,47,58H,7-8,10-11,13-14,16,19-22,24-25,31-33H2,1-5H3,(H,60,69,71)/t35-,36-,47+/m0/s1. The number of hydrogen-bond donors (Lipinski definition) is 2. The summed E-state index contributed by atoms with van der Waals surface area (Å²) in [7, 11) is 3.80. The zero-order valence-electron chi connectivity index (χ0n) is 42.6. The Balaban J connectivity index is 0.679. The highest BCUT2D eigenvalue weighted by Crippen LogP contribution is 2.38. The van der Waals surface area contributed by atoms with Gasteiger partial charge in [0, 0.05) is 144 Å². The fourth-order valence-corrected chi connectivity index (χ4v) is 12.3. The average molecular weight is 992 g/mol. The second-order valence-electron chi connectivity index (χ2n) is 21.2. The van der Waals surface area contributed by atoms with Crippen molar-refractivity contribution >= 4 is 51.0 Å². The zero-order valence-corrected chi connectivity index (χ0v) is 42.6. The number of anilines is 1. The molecule has 0 spiro atoms. The number of carbonyl (C=O) groups is 3. The quantitative estimate of drug-likeness (QED) is 0.129. The van der Waals surface area contributed by atoms with Crippen LogP contribution in [-0.4, -0.2) is 126 Å². The predicted molar refractivity (Wildman–Crippen MR) is 280 cm³/mol. The normalized spacial score (nSPS) is 21.2. The smallest absolute Gasteiger partial charge is 0.330 e. The van der Waals surface area contributed by atoms with E-state index in [2.05, 4.69) is 73.0 Å². The van der Waals surface area contributed by atoms with Gasteiger partial charge in [-0.2, -0.15) is 0 Å². The van der Waals surface area contributed by atoms with Gasteiger partial charge in [-0.05, 0) is 124 Å². The van der Waals surface area contributed by atoms with E-state index in [0.717, 1.165) is 121 Å². The minimum Gasteiger partial charge on any atom is -0.388 e. The fourth-order valence-electron chi connectivity index (χ4n) is 12.3. The van der Waals surface area contributed by atoms with Crippen molar-refractivity contribution in [3.63, 3.8) is 0 Å².